The van der Waals surface area contributed by atoms with Gasteiger partial charge < -0.3 is 10.2 Å². The smallest absolute Gasteiger partial charge is 0.346 e. The van der Waals surface area contributed by atoms with Gasteiger partial charge in [0.25, 0.3) is 0 Å². The molecule has 5 rings (SSSR count). The van der Waals surface area contributed by atoms with Gasteiger partial charge in [-0.2, -0.15) is 10.5 Å². The molecule has 0 aliphatic heterocycles. The van der Waals surface area contributed by atoms with Gasteiger partial charge in [0.05, 0.1) is 0 Å². The van der Waals surface area contributed by atoms with Crippen molar-refractivity contribution in [3.63, 3.8) is 0 Å². The molecule has 0 fully saturated rings. The third-order valence-electron chi connectivity index (χ3n) is 6.77. The van der Waals surface area contributed by atoms with Crippen LogP contribution in [0.25, 0.3) is 44.2 Å². The number of carbonyl (C=O) groups is 2. The number of carboxylic acids is 2. The summed E-state index contributed by atoms with van der Waals surface area (Å²) < 4.78 is 0. The number of aliphatic carboxylic acids is 2. The molecule has 0 amide bonds. The lowest BCUT2D eigenvalue weighted by Crippen LogP contribution is -2.14. The summed E-state index contributed by atoms with van der Waals surface area (Å²) >= 11 is 2.85. The SMILES string of the molecule is CC1(C)c2ccc(-c3ccc(/C=C(/C#N)C(=O)O)s3)cc2-c2cc(-c3ccc(/C=C(/C#N)C(=O)O)s3)ccc21. The monoisotopic (exact) mass is 548 g/mol. The van der Waals surface area contributed by atoms with Crippen molar-refractivity contribution in [2.24, 2.45) is 0 Å². The van der Waals surface area contributed by atoms with Crippen LogP contribution in [0.15, 0.2) is 71.8 Å². The van der Waals surface area contributed by atoms with Crippen molar-refractivity contribution in [3.8, 4) is 44.1 Å². The Balaban J connectivity index is 1.54. The molecule has 1 aliphatic rings. The molecule has 2 N–H and O–H groups in total. The highest BCUT2D eigenvalue weighted by atomic mass is 32.1. The molecule has 0 bridgehead atoms. The van der Waals surface area contributed by atoms with E-state index in [9.17, 15) is 9.59 Å². The van der Waals surface area contributed by atoms with Gasteiger partial charge in [0.1, 0.15) is 23.3 Å². The maximum atomic E-state index is 11.2. The first-order valence-electron chi connectivity index (χ1n) is 11.8. The van der Waals surface area contributed by atoms with E-state index in [4.69, 9.17) is 20.7 Å². The van der Waals surface area contributed by atoms with Crippen LogP contribution in [0.5, 0.6) is 0 Å². The number of benzene rings is 2. The Morgan fingerprint density at radius 3 is 1.49 bits per heavy atom. The van der Waals surface area contributed by atoms with Crippen molar-refractivity contribution >= 4 is 46.8 Å². The zero-order valence-electron chi connectivity index (χ0n) is 20.9. The maximum absolute atomic E-state index is 11.2. The van der Waals surface area contributed by atoms with Crippen LogP contribution in [0.2, 0.25) is 0 Å². The normalized spacial score (nSPS) is 13.7. The standard InChI is InChI=1S/C31H20N2O4S2/c1-31(2)25-7-3-17(27-9-5-21(38-27)11-19(15-32)29(34)35)13-23(25)24-14-18(4-8-26(24)31)28-10-6-22(39-28)12-20(16-33)30(36)37/h3-14H,1-2H3,(H,34,35)(H,36,37)/b19-11-,20-12-. The summed E-state index contributed by atoms with van der Waals surface area (Å²) in [5.41, 5.74) is 5.87. The average Bonchev–Trinajstić information content (AvgIpc) is 3.63. The number of thiophene rings is 2. The molecule has 1 aliphatic carbocycles. The largest absolute Gasteiger partial charge is 0.477 e. The molecule has 2 heterocycles. The lowest BCUT2D eigenvalue weighted by atomic mass is 9.82. The van der Waals surface area contributed by atoms with Gasteiger partial charge in [-0.25, -0.2) is 9.59 Å². The number of carboxylic acid groups (broad SMARTS) is 2. The quantitative estimate of drug-likeness (QED) is 0.191. The minimum absolute atomic E-state index is 0.194. The topological polar surface area (TPSA) is 122 Å². The number of nitriles is 2. The van der Waals surface area contributed by atoms with E-state index in [2.05, 4.69) is 50.2 Å². The first kappa shape index (κ1) is 25.9. The number of fused-ring (bicyclic) bond motifs is 3. The fourth-order valence-electron chi connectivity index (χ4n) is 4.82. The highest BCUT2D eigenvalue weighted by Crippen LogP contribution is 2.51. The molecule has 0 radical (unpaired) electrons. The molecule has 2 aromatic heterocycles. The van der Waals surface area contributed by atoms with Crippen LogP contribution in [0.4, 0.5) is 0 Å². The first-order valence-corrected chi connectivity index (χ1v) is 13.5. The van der Waals surface area contributed by atoms with E-state index < -0.39 is 11.9 Å². The van der Waals surface area contributed by atoms with Gasteiger partial charge in [-0.15, -0.1) is 22.7 Å². The van der Waals surface area contributed by atoms with Crippen molar-refractivity contribution in [2.75, 3.05) is 0 Å². The van der Waals surface area contributed by atoms with Crippen molar-refractivity contribution < 1.29 is 19.8 Å². The Morgan fingerprint density at radius 2 is 1.13 bits per heavy atom. The van der Waals surface area contributed by atoms with E-state index in [0.717, 1.165) is 32.0 Å². The van der Waals surface area contributed by atoms with Crippen LogP contribution in [-0.4, -0.2) is 22.2 Å². The number of hydrogen-bond acceptors (Lipinski definition) is 6. The van der Waals surface area contributed by atoms with Crippen molar-refractivity contribution in [1.82, 2.24) is 0 Å². The predicted octanol–water partition coefficient (Wildman–Crippen LogP) is 7.43. The van der Waals surface area contributed by atoms with Crippen molar-refractivity contribution in [2.45, 2.75) is 19.3 Å². The molecule has 0 unspecified atom stereocenters. The summed E-state index contributed by atoms with van der Waals surface area (Å²) in [5.74, 6) is -2.50. The molecular weight excluding hydrogens is 528 g/mol. The molecule has 0 saturated carbocycles. The summed E-state index contributed by atoms with van der Waals surface area (Å²) in [6.45, 7) is 4.40. The first-order chi connectivity index (χ1) is 18.6. The van der Waals surface area contributed by atoms with Gasteiger partial charge in [-0.3, -0.25) is 0 Å². The molecular formula is C31H20N2O4S2. The summed E-state index contributed by atoms with van der Waals surface area (Å²) in [4.78, 5) is 25.7. The lowest BCUT2D eigenvalue weighted by Gasteiger charge is -2.21. The molecule has 8 heteroatoms. The third-order valence-corrected chi connectivity index (χ3v) is 8.94. The van der Waals surface area contributed by atoms with Gasteiger partial charge in [-0.05, 0) is 81.9 Å². The molecule has 0 spiro atoms. The molecule has 0 atom stereocenters. The molecule has 190 valence electrons. The molecule has 0 saturated heterocycles. The van der Waals surface area contributed by atoms with Crippen molar-refractivity contribution in [3.05, 3.63) is 92.7 Å². The Bertz CT molecular complexity index is 1690. The number of rotatable bonds is 6. The molecule has 39 heavy (non-hydrogen) atoms. The highest BCUT2D eigenvalue weighted by molar-refractivity contribution is 7.16. The minimum Gasteiger partial charge on any atom is -0.477 e. The van der Waals surface area contributed by atoms with Gasteiger partial charge in [0.15, 0.2) is 0 Å². The molecule has 6 nitrogen and oxygen atoms in total. The Labute approximate surface area is 232 Å². The fraction of sp³-hybridized carbons (Fsp3) is 0.0968. The zero-order valence-corrected chi connectivity index (χ0v) is 22.5. The lowest BCUT2D eigenvalue weighted by molar-refractivity contribution is -0.133. The minimum atomic E-state index is -1.25. The average molecular weight is 549 g/mol. The second-order valence-corrected chi connectivity index (χ2v) is 11.7. The van der Waals surface area contributed by atoms with Crippen LogP contribution >= 0.6 is 22.7 Å². The summed E-state index contributed by atoms with van der Waals surface area (Å²) in [6, 6.07) is 23.7. The maximum Gasteiger partial charge on any atom is 0.346 e. The Morgan fingerprint density at radius 1 is 0.718 bits per heavy atom. The van der Waals surface area contributed by atoms with E-state index in [1.165, 1.54) is 46.0 Å². The van der Waals surface area contributed by atoms with E-state index in [0.29, 0.717) is 9.75 Å². The van der Waals surface area contributed by atoms with Crippen LogP contribution in [-0.2, 0) is 15.0 Å². The molecule has 2 aromatic carbocycles. The van der Waals surface area contributed by atoms with E-state index in [-0.39, 0.29) is 16.6 Å². The van der Waals surface area contributed by atoms with Gasteiger partial charge >= 0.3 is 11.9 Å². The van der Waals surface area contributed by atoms with Crippen molar-refractivity contribution in [1.29, 1.82) is 10.5 Å². The number of nitrogens with zero attached hydrogens (tertiary/aromatic N) is 2. The van der Waals surface area contributed by atoms with Crippen LogP contribution in [0.3, 0.4) is 0 Å². The fourth-order valence-corrected chi connectivity index (χ4v) is 6.71. The van der Waals surface area contributed by atoms with E-state index >= 15 is 0 Å². The third kappa shape index (κ3) is 4.68. The van der Waals surface area contributed by atoms with Crippen LogP contribution in [0.1, 0.15) is 34.7 Å². The molecule has 4 aromatic rings. The van der Waals surface area contributed by atoms with Crippen LogP contribution in [0, 0.1) is 22.7 Å². The van der Waals surface area contributed by atoms with Gasteiger partial charge in [-0.1, -0.05) is 38.1 Å². The second-order valence-electron chi connectivity index (χ2n) is 9.50. The Kier molecular flexibility index (Phi) is 6.53. The second kappa shape index (κ2) is 9.85. The van der Waals surface area contributed by atoms with Gasteiger partial charge in [0.2, 0.25) is 0 Å². The van der Waals surface area contributed by atoms with Crippen LogP contribution < -0.4 is 0 Å². The number of hydrogen-bond donors (Lipinski definition) is 2. The summed E-state index contributed by atoms with van der Waals surface area (Å²) in [6.07, 6.45) is 2.77. The Hall–Kier alpha value is -4.76. The van der Waals surface area contributed by atoms with E-state index in [1.807, 2.05) is 24.3 Å². The van der Waals surface area contributed by atoms with E-state index in [1.54, 1.807) is 12.1 Å². The van der Waals surface area contributed by atoms with Gasteiger partial charge in [0, 0.05) is 24.9 Å². The zero-order chi connectivity index (χ0) is 27.9. The summed E-state index contributed by atoms with van der Waals surface area (Å²) in [5, 5.41) is 36.5. The summed E-state index contributed by atoms with van der Waals surface area (Å²) in [7, 11) is 0. The highest BCUT2D eigenvalue weighted by Gasteiger charge is 2.35. The predicted molar refractivity (Wildman–Crippen MR) is 153 cm³/mol.